The molecule has 2 heterocycles. The fourth-order valence-corrected chi connectivity index (χ4v) is 2.15. The van der Waals surface area contributed by atoms with Gasteiger partial charge in [-0.3, -0.25) is 20.8 Å². The van der Waals surface area contributed by atoms with Crippen LogP contribution in [0.4, 0.5) is 0 Å². The van der Waals surface area contributed by atoms with Gasteiger partial charge in [-0.15, -0.1) is 24.8 Å². The minimum atomic E-state index is -0.0283. The van der Waals surface area contributed by atoms with Gasteiger partial charge in [0.15, 0.2) is 0 Å². The van der Waals surface area contributed by atoms with Crippen LogP contribution in [0.2, 0.25) is 0 Å². The largest absolute Gasteiger partial charge is 0.384 e. The first kappa shape index (κ1) is 21.0. The molecule has 0 radical (unpaired) electrons. The minimum absolute atomic E-state index is 0. The molecule has 0 amide bonds. The lowest BCUT2D eigenvalue weighted by Crippen LogP contribution is -2.11. The molecule has 26 heavy (non-hydrogen) atoms. The molecule has 0 unspecified atom stereocenters. The normalized spacial score (nSPS) is 9.54. The number of nitrogens with two attached hydrogens (primary N) is 2. The van der Waals surface area contributed by atoms with Gasteiger partial charge in [0.25, 0.3) is 0 Å². The van der Waals surface area contributed by atoms with Gasteiger partial charge in [0.1, 0.15) is 17.4 Å². The van der Waals surface area contributed by atoms with E-state index in [4.69, 9.17) is 22.3 Å². The van der Waals surface area contributed by atoms with Gasteiger partial charge in [0.2, 0.25) is 0 Å². The highest BCUT2D eigenvalue weighted by Gasteiger charge is 2.07. The lowest BCUT2D eigenvalue weighted by atomic mass is 10.1. The van der Waals surface area contributed by atoms with E-state index < -0.39 is 0 Å². The van der Waals surface area contributed by atoms with Gasteiger partial charge in [-0.1, -0.05) is 24.3 Å². The molecule has 0 aliphatic heterocycles. The van der Waals surface area contributed by atoms with E-state index in [-0.39, 0.29) is 36.5 Å². The number of benzene rings is 1. The molecule has 7 nitrogen and oxygen atoms in total. The zero-order valence-electron chi connectivity index (χ0n) is 13.5. The van der Waals surface area contributed by atoms with Crippen molar-refractivity contribution in [3.63, 3.8) is 0 Å². The van der Waals surface area contributed by atoms with E-state index in [2.05, 4.69) is 15.0 Å². The molecule has 0 saturated carbocycles. The van der Waals surface area contributed by atoms with Gasteiger partial charge in [-0.25, -0.2) is 4.98 Å². The molecule has 0 spiro atoms. The van der Waals surface area contributed by atoms with E-state index in [1.54, 1.807) is 36.7 Å². The summed E-state index contributed by atoms with van der Waals surface area (Å²) in [7, 11) is 0. The summed E-state index contributed by atoms with van der Waals surface area (Å²) in [5.74, 6) is -0.00408. The molecule has 3 rings (SSSR count). The van der Waals surface area contributed by atoms with Crippen LogP contribution in [0.25, 0.3) is 22.6 Å². The van der Waals surface area contributed by atoms with Crippen LogP contribution in [0.15, 0.2) is 55.0 Å². The standard InChI is InChI=1S/C17H15N7.2ClH/c18-16(19)11-3-1-10(2-4-11)14-8-22-9-15(24-14)13-6-5-12(7-23-13)17(20)21;;/h1-9H,(H3,18,19)(H3,20,21);2*1H. The Morgan fingerprint density at radius 2 is 1.27 bits per heavy atom. The second kappa shape index (κ2) is 8.89. The Balaban J connectivity index is 0.00000169. The maximum absolute atomic E-state index is 7.42. The summed E-state index contributed by atoms with van der Waals surface area (Å²) in [4.78, 5) is 13.1. The van der Waals surface area contributed by atoms with Gasteiger partial charge < -0.3 is 11.5 Å². The number of nitrogens with one attached hydrogen (secondary N) is 2. The van der Waals surface area contributed by atoms with Crippen LogP contribution in [-0.2, 0) is 0 Å². The lowest BCUT2D eigenvalue weighted by Gasteiger charge is -2.06. The van der Waals surface area contributed by atoms with Crippen molar-refractivity contribution in [2.45, 2.75) is 0 Å². The third kappa shape index (κ3) is 4.53. The SMILES string of the molecule is Cl.Cl.N=C(N)c1ccc(-c2cncc(-c3ccc(C(=N)N)cn3)n2)cc1. The van der Waals surface area contributed by atoms with Gasteiger partial charge in [-0.05, 0) is 12.1 Å². The Kier molecular flexibility index (Phi) is 7.18. The minimum Gasteiger partial charge on any atom is -0.384 e. The fraction of sp³-hybridized carbons (Fsp3) is 0. The zero-order valence-corrected chi connectivity index (χ0v) is 15.1. The van der Waals surface area contributed by atoms with Crippen molar-refractivity contribution in [1.82, 2.24) is 15.0 Å². The topological polar surface area (TPSA) is 138 Å². The van der Waals surface area contributed by atoms with Gasteiger partial charge in [0.05, 0.1) is 23.8 Å². The Labute approximate surface area is 162 Å². The lowest BCUT2D eigenvalue weighted by molar-refractivity contribution is 1.18. The van der Waals surface area contributed by atoms with Crippen LogP contribution >= 0.6 is 24.8 Å². The quantitative estimate of drug-likeness (QED) is 0.401. The van der Waals surface area contributed by atoms with Crippen molar-refractivity contribution in [2.24, 2.45) is 11.5 Å². The number of nitrogen functional groups attached to an aromatic ring is 2. The molecule has 0 fully saturated rings. The number of nitrogens with zero attached hydrogens (tertiary/aromatic N) is 3. The molecule has 3 aromatic rings. The van der Waals surface area contributed by atoms with E-state index in [1.165, 1.54) is 6.20 Å². The highest BCUT2D eigenvalue weighted by Crippen LogP contribution is 2.20. The molecular weight excluding hydrogens is 373 g/mol. The van der Waals surface area contributed by atoms with Gasteiger partial charge in [-0.2, -0.15) is 0 Å². The molecule has 0 aliphatic carbocycles. The maximum Gasteiger partial charge on any atom is 0.124 e. The van der Waals surface area contributed by atoms with Crippen molar-refractivity contribution in [1.29, 1.82) is 10.8 Å². The van der Waals surface area contributed by atoms with Crippen LogP contribution in [0.1, 0.15) is 11.1 Å². The third-order valence-electron chi connectivity index (χ3n) is 3.46. The van der Waals surface area contributed by atoms with Crippen molar-refractivity contribution in [3.8, 4) is 22.6 Å². The van der Waals surface area contributed by atoms with Crippen LogP contribution in [0, 0.1) is 10.8 Å². The molecular formula is C17H17Cl2N7. The summed E-state index contributed by atoms with van der Waals surface area (Å²) in [6.07, 6.45) is 4.83. The smallest absolute Gasteiger partial charge is 0.124 e. The van der Waals surface area contributed by atoms with E-state index >= 15 is 0 Å². The molecule has 0 bridgehead atoms. The Morgan fingerprint density at radius 3 is 1.81 bits per heavy atom. The van der Waals surface area contributed by atoms with Crippen molar-refractivity contribution < 1.29 is 0 Å². The average Bonchev–Trinajstić information content (AvgIpc) is 2.62. The zero-order chi connectivity index (χ0) is 17.1. The predicted molar refractivity (Wildman–Crippen MR) is 107 cm³/mol. The Morgan fingerprint density at radius 1 is 0.692 bits per heavy atom. The third-order valence-corrected chi connectivity index (χ3v) is 3.46. The van der Waals surface area contributed by atoms with Crippen LogP contribution in [0.5, 0.6) is 0 Å². The number of rotatable bonds is 4. The van der Waals surface area contributed by atoms with Crippen LogP contribution in [-0.4, -0.2) is 26.6 Å². The highest BCUT2D eigenvalue weighted by atomic mass is 35.5. The first-order valence-corrected chi connectivity index (χ1v) is 7.12. The summed E-state index contributed by atoms with van der Waals surface area (Å²) in [6, 6.07) is 10.7. The predicted octanol–water partition coefficient (Wildman–Crippen LogP) is 2.62. The molecule has 0 atom stereocenters. The average molecular weight is 390 g/mol. The van der Waals surface area contributed by atoms with E-state index in [0.717, 1.165) is 5.56 Å². The number of halogens is 2. The summed E-state index contributed by atoms with van der Waals surface area (Å²) in [5.41, 5.74) is 14.9. The van der Waals surface area contributed by atoms with Crippen LogP contribution in [0.3, 0.4) is 0 Å². The molecule has 0 saturated heterocycles. The summed E-state index contributed by atoms with van der Waals surface area (Å²) >= 11 is 0. The Bertz CT molecular complexity index is 836. The van der Waals surface area contributed by atoms with Crippen LogP contribution < -0.4 is 11.5 Å². The Hall–Kier alpha value is -3.03. The van der Waals surface area contributed by atoms with E-state index in [0.29, 0.717) is 28.2 Å². The van der Waals surface area contributed by atoms with E-state index in [9.17, 15) is 0 Å². The summed E-state index contributed by atoms with van der Waals surface area (Å²) < 4.78 is 0. The van der Waals surface area contributed by atoms with Gasteiger partial charge in [0, 0.05) is 22.9 Å². The summed E-state index contributed by atoms with van der Waals surface area (Å²) in [5, 5.41) is 14.8. The second-order valence-corrected chi connectivity index (χ2v) is 5.13. The fourth-order valence-electron chi connectivity index (χ4n) is 2.15. The highest BCUT2D eigenvalue weighted by molar-refractivity contribution is 5.95. The first-order chi connectivity index (χ1) is 11.5. The number of hydrogen-bond acceptors (Lipinski definition) is 5. The van der Waals surface area contributed by atoms with E-state index in [1.807, 2.05) is 12.1 Å². The molecule has 2 aromatic heterocycles. The number of aromatic nitrogens is 3. The molecule has 134 valence electrons. The first-order valence-electron chi connectivity index (χ1n) is 7.12. The number of hydrogen-bond donors (Lipinski definition) is 4. The maximum atomic E-state index is 7.42. The van der Waals surface area contributed by atoms with Crippen molar-refractivity contribution in [3.05, 3.63) is 66.1 Å². The molecule has 1 aromatic carbocycles. The molecule has 0 aliphatic rings. The summed E-state index contributed by atoms with van der Waals surface area (Å²) in [6.45, 7) is 0. The molecule has 6 N–H and O–H groups in total. The number of pyridine rings is 1. The van der Waals surface area contributed by atoms with Gasteiger partial charge >= 0.3 is 0 Å². The monoisotopic (exact) mass is 389 g/mol. The van der Waals surface area contributed by atoms with Crippen molar-refractivity contribution in [2.75, 3.05) is 0 Å². The molecule has 9 heteroatoms. The second-order valence-electron chi connectivity index (χ2n) is 5.13. The number of amidine groups is 2. The van der Waals surface area contributed by atoms with Crippen molar-refractivity contribution >= 4 is 36.5 Å².